The van der Waals surface area contributed by atoms with Gasteiger partial charge in [0, 0.05) is 25.1 Å². The molecule has 1 aromatic rings. The summed E-state index contributed by atoms with van der Waals surface area (Å²) in [5, 5.41) is 11.2. The van der Waals surface area contributed by atoms with Gasteiger partial charge in [-0.2, -0.15) is 0 Å². The highest BCUT2D eigenvalue weighted by atomic mass is 16.3. The van der Waals surface area contributed by atoms with Crippen LogP contribution in [0.1, 0.15) is 42.4 Å². The van der Waals surface area contributed by atoms with Gasteiger partial charge < -0.3 is 10.0 Å². The molecule has 0 bridgehead atoms. The Hall–Kier alpha value is -2.69. The van der Waals surface area contributed by atoms with Crippen LogP contribution in [0.2, 0.25) is 0 Å². The molecule has 2 amide bonds. The van der Waals surface area contributed by atoms with Gasteiger partial charge in [0.05, 0.1) is 0 Å². The van der Waals surface area contributed by atoms with Crippen molar-refractivity contribution in [2.45, 2.75) is 38.3 Å². The molecule has 1 unspecified atom stereocenters. The van der Waals surface area contributed by atoms with Crippen LogP contribution in [0.4, 0.5) is 0 Å². The normalized spacial score (nSPS) is 20.0. The fourth-order valence-electron chi connectivity index (χ4n) is 3.34. The summed E-state index contributed by atoms with van der Waals surface area (Å²) in [6, 6.07) is 5.15. The van der Waals surface area contributed by atoms with E-state index in [1.807, 2.05) is 36.3 Å². The number of allylic oxidation sites excluding steroid dienone is 1. The zero-order valence-corrected chi connectivity index (χ0v) is 13.8. The molecule has 2 N–H and O–H groups in total. The SMILES string of the molecule is O=C=C1c2cccc(/C=C/CCCO)c2CN1C1CCC(=O)NC1=O. The van der Waals surface area contributed by atoms with Crippen LogP contribution >= 0.6 is 0 Å². The van der Waals surface area contributed by atoms with Crippen LogP contribution in [0, 0.1) is 0 Å². The molecular weight excluding hydrogens is 320 g/mol. The van der Waals surface area contributed by atoms with Gasteiger partial charge in [-0.3, -0.25) is 14.9 Å². The molecule has 1 aromatic carbocycles. The topological polar surface area (TPSA) is 86.7 Å². The van der Waals surface area contributed by atoms with E-state index < -0.39 is 6.04 Å². The van der Waals surface area contributed by atoms with Crippen LogP contribution in [0.5, 0.6) is 0 Å². The third kappa shape index (κ3) is 3.40. The summed E-state index contributed by atoms with van der Waals surface area (Å²) >= 11 is 0. The first-order valence-electron chi connectivity index (χ1n) is 8.40. The maximum Gasteiger partial charge on any atom is 0.249 e. The number of nitrogens with one attached hydrogen (secondary N) is 1. The fourth-order valence-corrected chi connectivity index (χ4v) is 3.34. The number of carbonyl (C=O) groups excluding carboxylic acids is 3. The Labute approximate surface area is 145 Å². The number of unbranched alkanes of at least 4 members (excludes halogenated alkanes) is 1. The summed E-state index contributed by atoms with van der Waals surface area (Å²) in [5.74, 6) is 1.33. The molecule has 25 heavy (non-hydrogen) atoms. The Morgan fingerprint density at radius 3 is 2.92 bits per heavy atom. The Morgan fingerprint density at radius 1 is 1.36 bits per heavy atom. The van der Waals surface area contributed by atoms with E-state index >= 15 is 0 Å². The average molecular weight is 340 g/mol. The third-order valence-electron chi connectivity index (χ3n) is 4.59. The van der Waals surface area contributed by atoms with Crippen molar-refractivity contribution in [3.05, 3.63) is 41.0 Å². The standard InChI is InChI=1S/C19H20N2O4/c22-10-3-1-2-5-13-6-4-7-14-15(13)11-21(17(14)12-23)16-8-9-18(24)20-19(16)25/h2,4-7,16,22H,1,3,8-11H2,(H,20,24,25)/b5-2+. The molecule has 0 saturated carbocycles. The van der Waals surface area contributed by atoms with Crippen molar-refractivity contribution in [3.8, 4) is 0 Å². The van der Waals surface area contributed by atoms with Gasteiger partial charge in [0.1, 0.15) is 11.7 Å². The second kappa shape index (κ2) is 7.47. The number of amides is 2. The number of aliphatic hydroxyl groups is 1. The van der Waals surface area contributed by atoms with Crippen molar-refractivity contribution in [2.24, 2.45) is 0 Å². The molecule has 0 radical (unpaired) electrons. The number of hydrogen-bond acceptors (Lipinski definition) is 5. The van der Waals surface area contributed by atoms with Gasteiger partial charge in [0.2, 0.25) is 11.8 Å². The van der Waals surface area contributed by atoms with E-state index in [1.54, 1.807) is 4.90 Å². The first-order chi connectivity index (χ1) is 12.2. The summed E-state index contributed by atoms with van der Waals surface area (Å²) in [6.07, 6.45) is 6.10. The van der Waals surface area contributed by atoms with Crippen molar-refractivity contribution in [1.82, 2.24) is 10.2 Å². The molecule has 2 aliphatic heterocycles. The van der Waals surface area contributed by atoms with Crippen molar-refractivity contribution in [3.63, 3.8) is 0 Å². The van der Waals surface area contributed by atoms with E-state index in [0.717, 1.165) is 23.1 Å². The molecule has 6 heteroatoms. The predicted octanol–water partition coefficient (Wildman–Crippen LogP) is 1.27. The number of piperidine rings is 1. The first-order valence-corrected chi connectivity index (χ1v) is 8.40. The molecule has 0 aliphatic carbocycles. The Balaban J connectivity index is 1.88. The van der Waals surface area contributed by atoms with Gasteiger partial charge in [0.25, 0.3) is 0 Å². The van der Waals surface area contributed by atoms with E-state index in [4.69, 9.17) is 5.11 Å². The summed E-state index contributed by atoms with van der Waals surface area (Å²) < 4.78 is 0. The molecule has 0 spiro atoms. The van der Waals surface area contributed by atoms with E-state index in [9.17, 15) is 14.4 Å². The molecule has 2 heterocycles. The lowest BCUT2D eigenvalue weighted by Gasteiger charge is -2.30. The lowest BCUT2D eigenvalue weighted by molar-refractivity contribution is -0.136. The lowest BCUT2D eigenvalue weighted by atomic mass is 10.0. The van der Waals surface area contributed by atoms with Crippen LogP contribution in [0.15, 0.2) is 24.3 Å². The second-order valence-corrected chi connectivity index (χ2v) is 6.19. The van der Waals surface area contributed by atoms with Crippen LogP contribution in [-0.2, 0) is 20.9 Å². The second-order valence-electron chi connectivity index (χ2n) is 6.19. The number of carbonyl (C=O) groups is 2. The molecule has 2 aliphatic rings. The summed E-state index contributed by atoms with van der Waals surface area (Å²) in [7, 11) is 0. The molecule has 1 saturated heterocycles. The van der Waals surface area contributed by atoms with Crippen molar-refractivity contribution in [2.75, 3.05) is 6.61 Å². The Morgan fingerprint density at radius 2 is 2.20 bits per heavy atom. The molecular formula is C19H20N2O4. The van der Waals surface area contributed by atoms with Crippen LogP contribution < -0.4 is 5.32 Å². The first kappa shape index (κ1) is 17.1. The minimum atomic E-state index is -0.534. The largest absolute Gasteiger partial charge is 0.396 e. The smallest absolute Gasteiger partial charge is 0.249 e. The zero-order chi connectivity index (χ0) is 17.8. The minimum Gasteiger partial charge on any atom is -0.396 e. The van der Waals surface area contributed by atoms with Gasteiger partial charge in [-0.15, -0.1) is 0 Å². The Bertz CT molecular complexity index is 778. The van der Waals surface area contributed by atoms with Crippen LogP contribution in [0.3, 0.4) is 0 Å². The van der Waals surface area contributed by atoms with Crippen molar-refractivity contribution >= 4 is 29.5 Å². The molecule has 1 fully saturated rings. The van der Waals surface area contributed by atoms with Crippen molar-refractivity contribution in [1.29, 1.82) is 0 Å². The van der Waals surface area contributed by atoms with E-state index in [0.29, 0.717) is 25.1 Å². The number of imide groups is 1. The molecule has 1 atom stereocenters. The van der Waals surface area contributed by atoms with Crippen LogP contribution in [0.25, 0.3) is 11.8 Å². The highest BCUT2D eigenvalue weighted by Gasteiger charge is 2.38. The predicted molar refractivity (Wildman–Crippen MR) is 92.6 cm³/mol. The quantitative estimate of drug-likeness (QED) is 0.479. The van der Waals surface area contributed by atoms with Crippen molar-refractivity contribution < 1.29 is 19.5 Å². The molecule has 3 rings (SSSR count). The van der Waals surface area contributed by atoms with E-state index in [2.05, 4.69) is 5.32 Å². The Kier molecular flexibility index (Phi) is 5.12. The van der Waals surface area contributed by atoms with Gasteiger partial charge in [-0.05, 0) is 30.4 Å². The number of rotatable bonds is 5. The van der Waals surface area contributed by atoms with Gasteiger partial charge >= 0.3 is 0 Å². The van der Waals surface area contributed by atoms with Crippen LogP contribution in [-0.4, -0.2) is 40.4 Å². The number of fused-ring (bicyclic) bond motifs is 1. The van der Waals surface area contributed by atoms with Gasteiger partial charge in [-0.25, -0.2) is 4.79 Å². The lowest BCUT2D eigenvalue weighted by Crippen LogP contribution is -2.50. The number of hydrogen-bond donors (Lipinski definition) is 2. The fraction of sp³-hybridized carbons (Fsp3) is 0.368. The average Bonchev–Trinajstić information content (AvgIpc) is 2.97. The number of benzene rings is 1. The highest BCUT2D eigenvalue weighted by molar-refractivity contribution is 6.02. The van der Waals surface area contributed by atoms with Gasteiger partial charge in [-0.1, -0.05) is 30.4 Å². The summed E-state index contributed by atoms with van der Waals surface area (Å²) in [4.78, 5) is 36.8. The highest BCUT2D eigenvalue weighted by Crippen LogP contribution is 2.36. The van der Waals surface area contributed by atoms with E-state index in [1.165, 1.54) is 0 Å². The molecule has 0 aromatic heterocycles. The number of aliphatic hydroxyl groups excluding tert-OH is 1. The van der Waals surface area contributed by atoms with E-state index in [-0.39, 0.29) is 24.8 Å². The maximum atomic E-state index is 12.2. The zero-order valence-electron chi connectivity index (χ0n) is 13.8. The monoisotopic (exact) mass is 340 g/mol. The summed E-state index contributed by atoms with van der Waals surface area (Å²) in [5.41, 5.74) is 3.11. The third-order valence-corrected chi connectivity index (χ3v) is 4.59. The number of nitrogens with zero attached hydrogens (tertiary/aromatic N) is 1. The minimum absolute atomic E-state index is 0.151. The molecule has 6 nitrogen and oxygen atoms in total. The maximum absolute atomic E-state index is 12.2. The van der Waals surface area contributed by atoms with Gasteiger partial charge in [0.15, 0.2) is 5.94 Å². The summed E-state index contributed by atoms with van der Waals surface area (Å²) in [6.45, 7) is 0.589. The molecule has 130 valence electrons.